The van der Waals surface area contributed by atoms with Gasteiger partial charge in [0.05, 0.1) is 12.8 Å². The van der Waals surface area contributed by atoms with Crippen molar-refractivity contribution in [1.29, 1.82) is 0 Å². The molecule has 0 radical (unpaired) electrons. The van der Waals surface area contributed by atoms with Gasteiger partial charge in [-0.2, -0.15) is 10.1 Å². The van der Waals surface area contributed by atoms with Gasteiger partial charge in [0, 0.05) is 26.0 Å². The van der Waals surface area contributed by atoms with Crippen LogP contribution in [0.3, 0.4) is 0 Å². The molecule has 1 N–H and O–H groups in total. The first-order valence-electron chi connectivity index (χ1n) is 9.78. The van der Waals surface area contributed by atoms with Crippen LogP contribution in [0.25, 0.3) is 5.70 Å². The van der Waals surface area contributed by atoms with Crippen molar-refractivity contribution in [2.75, 3.05) is 12.4 Å². The zero-order chi connectivity index (χ0) is 20.9. The Kier molecular flexibility index (Phi) is 4.36. The molecule has 0 saturated heterocycles. The minimum Gasteiger partial charge on any atom is -0.496 e. The summed E-state index contributed by atoms with van der Waals surface area (Å²) in [5.41, 5.74) is 4.05. The molecule has 154 valence electrons. The molecule has 2 aliphatic rings. The highest BCUT2D eigenvalue weighted by Crippen LogP contribution is 2.52. The largest absolute Gasteiger partial charge is 0.496 e. The van der Waals surface area contributed by atoms with E-state index in [1.807, 2.05) is 35.0 Å². The van der Waals surface area contributed by atoms with Crippen LogP contribution < -0.4 is 14.8 Å². The first kappa shape index (κ1) is 18.7. The normalized spacial score (nSPS) is 19.0. The summed E-state index contributed by atoms with van der Waals surface area (Å²) in [4.78, 5) is 5.63. The second-order valence-electron chi connectivity index (χ2n) is 7.28. The van der Waals surface area contributed by atoms with E-state index in [9.17, 15) is 0 Å². The Morgan fingerprint density at radius 2 is 2.06 bits per heavy atom. The number of rotatable bonds is 3. The van der Waals surface area contributed by atoms with Crippen molar-refractivity contribution in [2.24, 2.45) is 0 Å². The van der Waals surface area contributed by atoms with Crippen LogP contribution in [0.2, 0.25) is 0 Å². The average molecular weight is 493 g/mol. The zero-order valence-corrected chi connectivity index (χ0v) is 18.9. The number of para-hydroxylation sites is 1. The average Bonchev–Trinajstić information content (AvgIpc) is 3.49. The van der Waals surface area contributed by atoms with Crippen molar-refractivity contribution >= 4 is 38.9 Å². The number of halogens is 1. The van der Waals surface area contributed by atoms with Crippen molar-refractivity contribution < 1.29 is 9.47 Å². The number of hydrogen-bond donors (Lipinski definition) is 1. The van der Waals surface area contributed by atoms with Crippen molar-refractivity contribution in [1.82, 2.24) is 14.8 Å². The molecule has 4 heterocycles. The summed E-state index contributed by atoms with van der Waals surface area (Å²) in [6.07, 6.45) is 1.22. The van der Waals surface area contributed by atoms with Crippen LogP contribution in [0.5, 0.6) is 11.5 Å². The van der Waals surface area contributed by atoms with Crippen molar-refractivity contribution in [2.45, 2.75) is 12.1 Å². The van der Waals surface area contributed by atoms with Crippen LogP contribution in [0.4, 0.5) is 5.95 Å². The predicted molar refractivity (Wildman–Crippen MR) is 124 cm³/mol. The number of benzene rings is 2. The van der Waals surface area contributed by atoms with E-state index < -0.39 is 0 Å². The van der Waals surface area contributed by atoms with Gasteiger partial charge in [-0.1, -0.05) is 34.1 Å². The second-order valence-corrected chi connectivity index (χ2v) is 9.18. The summed E-state index contributed by atoms with van der Waals surface area (Å²) in [7, 11) is 1.68. The van der Waals surface area contributed by atoms with E-state index in [4.69, 9.17) is 9.47 Å². The molecule has 6 nitrogen and oxygen atoms in total. The van der Waals surface area contributed by atoms with Gasteiger partial charge in [0.1, 0.15) is 23.9 Å². The molecule has 4 aromatic rings. The predicted octanol–water partition coefficient (Wildman–Crippen LogP) is 5.67. The van der Waals surface area contributed by atoms with Gasteiger partial charge in [-0.05, 0) is 41.8 Å². The van der Waals surface area contributed by atoms with Gasteiger partial charge in [0.25, 0.3) is 0 Å². The molecule has 0 spiro atoms. The lowest BCUT2D eigenvalue weighted by atomic mass is 9.86. The number of methoxy groups -OCH3 is 1. The van der Waals surface area contributed by atoms with Gasteiger partial charge in [-0.3, -0.25) is 0 Å². The Hall–Kier alpha value is -3.10. The maximum Gasteiger partial charge on any atom is 0.226 e. The Morgan fingerprint density at radius 3 is 2.90 bits per heavy atom. The van der Waals surface area contributed by atoms with Gasteiger partial charge < -0.3 is 14.8 Å². The number of nitrogens with one attached hydrogen (secondary N) is 1. The maximum atomic E-state index is 6.65. The van der Waals surface area contributed by atoms with E-state index >= 15 is 0 Å². The quantitative estimate of drug-likeness (QED) is 0.399. The molecule has 31 heavy (non-hydrogen) atoms. The topological polar surface area (TPSA) is 61.2 Å². The molecule has 2 aromatic carbocycles. The first-order valence-corrected chi connectivity index (χ1v) is 11.5. The zero-order valence-electron chi connectivity index (χ0n) is 16.4. The Balaban J connectivity index is 1.65. The molecule has 2 atom stereocenters. The third-order valence-corrected chi connectivity index (χ3v) is 7.03. The van der Waals surface area contributed by atoms with Gasteiger partial charge in [0.2, 0.25) is 5.95 Å². The molecule has 0 amide bonds. The summed E-state index contributed by atoms with van der Waals surface area (Å²) >= 11 is 5.31. The molecular weight excluding hydrogens is 476 g/mol. The Morgan fingerprint density at radius 1 is 1.16 bits per heavy atom. The van der Waals surface area contributed by atoms with Crippen molar-refractivity contribution in [3.8, 4) is 11.5 Å². The van der Waals surface area contributed by atoms with Crippen LogP contribution in [-0.2, 0) is 0 Å². The van der Waals surface area contributed by atoms with Gasteiger partial charge in [-0.25, -0.2) is 4.68 Å². The fourth-order valence-electron chi connectivity index (χ4n) is 4.31. The standard InChI is InChI=1S/C23H17BrN4O2S/c1-29-16-9-8-13(24)11-15(16)22-19-20(14-5-2-3-6-17(14)30-22)27-23-25-12-26-28(23)21(19)18-7-4-10-31-18/h2-12,21-22H,1H3,(H,25,26,27)/t21-,22-/m0/s1. The SMILES string of the molecule is COc1ccc(Br)cc1[C@@H]1Oc2ccccc2C2=C1[C@H](c1cccs1)n1ncnc1N2. The van der Waals surface area contributed by atoms with Gasteiger partial charge in [0.15, 0.2) is 6.10 Å². The molecule has 2 aromatic heterocycles. The van der Waals surface area contributed by atoms with E-state index in [1.165, 1.54) is 4.88 Å². The molecule has 8 heteroatoms. The minimum absolute atomic E-state index is 0.143. The molecule has 2 aliphatic heterocycles. The maximum absolute atomic E-state index is 6.65. The van der Waals surface area contributed by atoms with E-state index in [1.54, 1.807) is 24.8 Å². The minimum atomic E-state index is -0.366. The third kappa shape index (κ3) is 2.90. The fraction of sp³-hybridized carbons (Fsp3) is 0.130. The number of thiophene rings is 1. The van der Waals surface area contributed by atoms with Crippen LogP contribution in [0, 0.1) is 0 Å². The molecule has 0 fully saturated rings. The number of ether oxygens (including phenoxy) is 2. The Bertz CT molecular complexity index is 1310. The van der Waals surface area contributed by atoms with Crippen LogP contribution in [0.15, 0.2) is 76.4 Å². The molecule has 0 bridgehead atoms. The van der Waals surface area contributed by atoms with Crippen molar-refractivity contribution in [3.63, 3.8) is 0 Å². The second kappa shape index (κ2) is 7.25. The highest BCUT2D eigenvalue weighted by Gasteiger charge is 2.42. The highest BCUT2D eigenvalue weighted by molar-refractivity contribution is 9.10. The monoisotopic (exact) mass is 492 g/mol. The van der Waals surface area contributed by atoms with Crippen LogP contribution in [0.1, 0.15) is 28.1 Å². The number of hydrogen-bond acceptors (Lipinski definition) is 6. The number of nitrogens with zero attached hydrogens (tertiary/aromatic N) is 3. The van der Waals surface area contributed by atoms with Crippen LogP contribution in [-0.4, -0.2) is 21.9 Å². The van der Waals surface area contributed by atoms with Gasteiger partial charge in [-0.15, -0.1) is 11.3 Å². The Labute approximate surface area is 191 Å². The molecule has 0 unspecified atom stereocenters. The fourth-order valence-corrected chi connectivity index (χ4v) is 5.51. The summed E-state index contributed by atoms with van der Waals surface area (Å²) in [5, 5.41) is 10.2. The summed E-state index contributed by atoms with van der Waals surface area (Å²) in [6.45, 7) is 0. The first-order chi connectivity index (χ1) is 15.2. The van der Waals surface area contributed by atoms with E-state index in [-0.39, 0.29) is 12.1 Å². The van der Waals surface area contributed by atoms with E-state index in [2.05, 4.69) is 61.0 Å². The summed E-state index contributed by atoms with van der Waals surface area (Å²) < 4.78 is 15.3. The van der Waals surface area contributed by atoms with E-state index in [0.717, 1.165) is 38.4 Å². The number of anilines is 1. The highest BCUT2D eigenvalue weighted by atomic mass is 79.9. The third-order valence-electron chi connectivity index (χ3n) is 5.61. The summed E-state index contributed by atoms with van der Waals surface area (Å²) in [6, 6.07) is 18.1. The molecule has 0 aliphatic carbocycles. The van der Waals surface area contributed by atoms with Crippen molar-refractivity contribution in [3.05, 3.63) is 92.4 Å². The lowest BCUT2D eigenvalue weighted by Crippen LogP contribution is -2.32. The van der Waals surface area contributed by atoms with Gasteiger partial charge >= 0.3 is 0 Å². The molecule has 6 rings (SSSR count). The van der Waals surface area contributed by atoms with E-state index in [0.29, 0.717) is 5.95 Å². The number of fused-ring (bicyclic) bond motifs is 3. The smallest absolute Gasteiger partial charge is 0.226 e. The lowest BCUT2D eigenvalue weighted by molar-refractivity contribution is 0.218. The number of aromatic nitrogens is 3. The lowest BCUT2D eigenvalue weighted by Gasteiger charge is -2.38. The van der Waals surface area contributed by atoms with Crippen LogP contribution >= 0.6 is 27.3 Å². The molecular formula is C23H17BrN4O2S. The summed E-state index contributed by atoms with van der Waals surface area (Å²) in [5.74, 6) is 2.31. The molecule has 0 saturated carbocycles.